The Morgan fingerprint density at radius 3 is 2.17 bits per heavy atom. The molecule has 0 saturated carbocycles. The van der Waals surface area contributed by atoms with Gasteiger partial charge in [0.25, 0.3) is 0 Å². The molecule has 1 atom stereocenters. The van der Waals surface area contributed by atoms with Gasteiger partial charge >= 0.3 is 0 Å². The predicted molar refractivity (Wildman–Crippen MR) is 87.1 cm³/mol. The van der Waals surface area contributed by atoms with E-state index < -0.39 is 0 Å². The molecular weight excluding hydrogens is 421 g/mol. The highest BCUT2D eigenvalue weighted by atomic mass is 79.9. The van der Waals surface area contributed by atoms with Gasteiger partial charge in [-0.25, -0.2) is 0 Å². The van der Waals surface area contributed by atoms with Crippen LogP contribution in [-0.2, 0) is 0 Å². The van der Waals surface area contributed by atoms with Gasteiger partial charge in [-0.3, -0.25) is 0 Å². The van der Waals surface area contributed by atoms with E-state index in [4.69, 9.17) is 23.2 Å². The molecule has 1 aromatic carbocycles. The van der Waals surface area contributed by atoms with Crippen LogP contribution in [0.3, 0.4) is 0 Å². The summed E-state index contributed by atoms with van der Waals surface area (Å²) in [7, 11) is 1.91. The lowest BCUT2D eigenvalue weighted by molar-refractivity contribution is 0.692. The molecular formula is C12H9Br2Cl2NS. The number of benzene rings is 1. The molecule has 1 aromatic heterocycles. The zero-order valence-corrected chi connectivity index (χ0v) is 14.8. The van der Waals surface area contributed by atoms with Crippen molar-refractivity contribution in [3.05, 3.63) is 53.0 Å². The van der Waals surface area contributed by atoms with Crippen molar-refractivity contribution in [2.24, 2.45) is 0 Å². The van der Waals surface area contributed by atoms with Crippen LogP contribution < -0.4 is 5.32 Å². The quantitative estimate of drug-likeness (QED) is 0.641. The first-order valence-electron chi connectivity index (χ1n) is 5.09. The molecule has 2 rings (SSSR count). The summed E-state index contributed by atoms with van der Waals surface area (Å²) in [5, 5.41) is 4.57. The second-order valence-corrected chi connectivity index (χ2v) is 8.33. The molecule has 2 aromatic rings. The topological polar surface area (TPSA) is 12.0 Å². The number of thiophene rings is 1. The van der Waals surface area contributed by atoms with E-state index in [-0.39, 0.29) is 6.04 Å². The Balaban J connectivity index is 2.48. The summed E-state index contributed by atoms with van der Waals surface area (Å²) in [6.45, 7) is 0. The van der Waals surface area contributed by atoms with Gasteiger partial charge in [0.2, 0.25) is 0 Å². The summed E-state index contributed by atoms with van der Waals surface area (Å²) in [6, 6.07) is 7.72. The third-order valence-corrected chi connectivity index (χ3v) is 5.32. The summed E-state index contributed by atoms with van der Waals surface area (Å²) in [6.07, 6.45) is 0. The second kappa shape index (κ2) is 6.25. The van der Waals surface area contributed by atoms with Crippen molar-refractivity contribution in [1.29, 1.82) is 0 Å². The fraction of sp³-hybridized carbons (Fsp3) is 0.167. The predicted octanol–water partition coefficient (Wildman–Crippen LogP) is 5.89. The normalized spacial score (nSPS) is 12.7. The maximum Gasteiger partial charge on any atom is 0.0761 e. The Bertz CT molecular complexity index is 551. The first-order valence-corrected chi connectivity index (χ1v) is 8.25. The van der Waals surface area contributed by atoms with Crippen LogP contribution in [-0.4, -0.2) is 7.05 Å². The molecule has 1 nitrogen and oxygen atoms in total. The molecule has 0 bridgehead atoms. The highest BCUT2D eigenvalue weighted by Gasteiger charge is 2.18. The first kappa shape index (κ1) is 14.8. The van der Waals surface area contributed by atoms with Crippen molar-refractivity contribution < 1.29 is 0 Å². The maximum atomic E-state index is 6.05. The Morgan fingerprint density at radius 2 is 1.72 bits per heavy atom. The van der Waals surface area contributed by atoms with Gasteiger partial charge in [0.15, 0.2) is 0 Å². The molecule has 1 heterocycles. The van der Waals surface area contributed by atoms with Crippen molar-refractivity contribution in [2.75, 3.05) is 7.05 Å². The van der Waals surface area contributed by atoms with Gasteiger partial charge in [-0.2, -0.15) is 0 Å². The zero-order chi connectivity index (χ0) is 13.3. The molecule has 6 heteroatoms. The van der Waals surface area contributed by atoms with Crippen LogP contribution in [0.2, 0.25) is 10.0 Å². The van der Waals surface area contributed by atoms with Crippen LogP contribution in [0.5, 0.6) is 0 Å². The Hall–Kier alpha value is 0.420. The lowest BCUT2D eigenvalue weighted by Crippen LogP contribution is -2.17. The van der Waals surface area contributed by atoms with E-state index in [9.17, 15) is 0 Å². The van der Waals surface area contributed by atoms with Crippen LogP contribution in [0.4, 0.5) is 0 Å². The highest BCUT2D eigenvalue weighted by Crippen LogP contribution is 2.38. The van der Waals surface area contributed by atoms with Crippen molar-refractivity contribution in [3.8, 4) is 0 Å². The fourth-order valence-corrected chi connectivity index (χ4v) is 5.24. The number of hydrogen-bond donors (Lipinski definition) is 1. The van der Waals surface area contributed by atoms with Gasteiger partial charge in [-0.05, 0) is 74.3 Å². The van der Waals surface area contributed by atoms with Gasteiger partial charge in [-0.15, -0.1) is 11.3 Å². The molecule has 1 unspecified atom stereocenters. The van der Waals surface area contributed by atoms with Crippen LogP contribution in [0.25, 0.3) is 0 Å². The molecule has 1 N–H and O–H groups in total. The number of rotatable bonds is 3. The Kier molecular flexibility index (Phi) is 5.14. The molecule has 18 heavy (non-hydrogen) atoms. The largest absolute Gasteiger partial charge is 0.309 e. The standard InChI is InChI=1S/C12H9Br2Cl2NS/c1-17-11(9-5-10(13)18-12(9)14)6-2-7(15)4-8(16)3-6/h2-5,11,17H,1H3. The molecule has 0 amide bonds. The maximum absolute atomic E-state index is 6.05. The van der Waals surface area contributed by atoms with Crippen molar-refractivity contribution in [2.45, 2.75) is 6.04 Å². The molecule has 0 fully saturated rings. The molecule has 0 radical (unpaired) electrons. The summed E-state index contributed by atoms with van der Waals surface area (Å²) in [4.78, 5) is 0. The lowest BCUT2D eigenvalue weighted by Gasteiger charge is -2.17. The van der Waals surface area contributed by atoms with Gasteiger partial charge < -0.3 is 5.32 Å². The number of nitrogens with one attached hydrogen (secondary N) is 1. The van der Waals surface area contributed by atoms with E-state index in [0.717, 1.165) is 18.7 Å². The number of halogens is 4. The van der Waals surface area contributed by atoms with Crippen LogP contribution >= 0.6 is 66.4 Å². The summed E-state index contributed by atoms with van der Waals surface area (Å²) >= 11 is 20.8. The van der Waals surface area contributed by atoms with Gasteiger partial charge in [0, 0.05) is 10.0 Å². The number of hydrogen-bond acceptors (Lipinski definition) is 2. The van der Waals surface area contributed by atoms with Crippen molar-refractivity contribution in [3.63, 3.8) is 0 Å². The first-order chi connectivity index (χ1) is 8.51. The van der Waals surface area contributed by atoms with Crippen LogP contribution in [0.1, 0.15) is 17.2 Å². The monoisotopic (exact) mass is 427 g/mol. The minimum atomic E-state index is 0.0538. The molecule has 0 aliphatic carbocycles. The summed E-state index contributed by atoms with van der Waals surface area (Å²) in [5.74, 6) is 0. The van der Waals surface area contributed by atoms with Gasteiger partial charge in [-0.1, -0.05) is 23.2 Å². The SMILES string of the molecule is CNC(c1cc(Cl)cc(Cl)c1)c1cc(Br)sc1Br. The zero-order valence-electron chi connectivity index (χ0n) is 9.31. The van der Waals surface area contributed by atoms with E-state index in [0.29, 0.717) is 10.0 Å². The van der Waals surface area contributed by atoms with Gasteiger partial charge in [0.1, 0.15) is 0 Å². The minimum Gasteiger partial charge on any atom is -0.309 e. The fourth-order valence-electron chi connectivity index (χ4n) is 1.79. The third-order valence-electron chi connectivity index (χ3n) is 2.50. The van der Waals surface area contributed by atoms with Crippen LogP contribution in [0, 0.1) is 0 Å². The van der Waals surface area contributed by atoms with E-state index >= 15 is 0 Å². The molecule has 0 aliphatic rings. The Morgan fingerprint density at radius 1 is 1.11 bits per heavy atom. The second-order valence-electron chi connectivity index (χ2n) is 3.70. The molecule has 0 saturated heterocycles. The molecule has 0 aliphatic heterocycles. The summed E-state index contributed by atoms with van der Waals surface area (Å²) < 4.78 is 2.17. The molecule has 0 spiro atoms. The van der Waals surface area contributed by atoms with Crippen molar-refractivity contribution >= 4 is 66.4 Å². The average molecular weight is 430 g/mol. The highest BCUT2D eigenvalue weighted by molar-refractivity contribution is 9.12. The van der Waals surface area contributed by atoms with E-state index in [1.807, 2.05) is 19.2 Å². The van der Waals surface area contributed by atoms with Crippen LogP contribution in [0.15, 0.2) is 31.8 Å². The summed E-state index contributed by atoms with van der Waals surface area (Å²) in [5.41, 5.74) is 2.20. The van der Waals surface area contributed by atoms with E-state index in [2.05, 4.69) is 43.2 Å². The molecule has 96 valence electrons. The lowest BCUT2D eigenvalue weighted by atomic mass is 10.0. The Labute approximate surface area is 137 Å². The average Bonchev–Trinajstić information content (AvgIpc) is 2.58. The minimum absolute atomic E-state index is 0.0538. The van der Waals surface area contributed by atoms with Gasteiger partial charge in [0.05, 0.1) is 13.6 Å². The van der Waals surface area contributed by atoms with Crippen molar-refractivity contribution in [1.82, 2.24) is 5.32 Å². The smallest absolute Gasteiger partial charge is 0.0761 e. The van der Waals surface area contributed by atoms with E-state index in [1.165, 1.54) is 0 Å². The third kappa shape index (κ3) is 3.30. The van der Waals surface area contributed by atoms with E-state index in [1.54, 1.807) is 17.4 Å².